The number of phenols is 1. The molecule has 5 rings (SSSR count). The molecule has 0 aliphatic carbocycles. The average Bonchev–Trinajstić information content (AvgIpc) is 2.92. The highest BCUT2D eigenvalue weighted by molar-refractivity contribution is 5.37. The van der Waals surface area contributed by atoms with Gasteiger partial charge in [0.2, 0.25) is 5.79 Å². The molecule has 3 atom stereocenters. The van der Waals surface area contributed by atoms with Crippen LogP contribution in [0.1, 0.15) is 24.4 Å². The van der Waals surface area contributed by atoms with Gasteiger partial charge in [0.25, 0.3) is 0 Å². The van der Waals surface area contributed by atoms with Crippen molar-refractivity contribution < 1.29 is 14.7 Å². The summed E-state index contributed by atoms with van der Waals surface area (Å²) in [5, 5.41) is 10.1. The predicted molar refractivity (Wildman–Crippen MR) is 72.9 cm³/mol. The van der Waals surface area contributed by atoms with Gasteiger partial charge in [0.1, 0.15) is 5.75 Å². The van der Waals surface area contributed by atoms with Gasteiger partial charge in [-0.2, -0.15) is 5.48 Å². The maximum Gasteiger partial charge on any atom is 0.207 e. The minimum atomic E-state index is -0.580. The van der Waals surface area contributed by atoms with Gasteiger partial charge in [0.15, 0.2) is 0 Å². The number of ether oxygens (including phenoxy) is 1. The third-order valence-corrected chi connectivity index (χ3v) is 5.16. The number of methoxy groups -OCH3 is 1. The number of fused-ring (bicyclic) bond motifs is 2. The number of nitrogens with zero attached hydrogens (tertiary/aromatic N) is 1. The molecule has 1 aromatic rings. The molecule has 5 nitrogen and oxygen atoms in total. The molecule has 0 aromatic heterocycles. The van der Waals surface area contributed by atoms with Crippen molar-refractivity contribution in [3.05, 3.63) is 29.8 Å². The quantitative estimate of drug-likeness (QED) is 0.855. The van der Waals surface area contributed by atoms with Gasteiger partial charge in [-0.3, -0.25) is 9.74 Å². The standard InChI is InChI=1S/C15H20N2O3/c1-19-15-10-6-8-17(9-7-10)14(15)13(16-20-15)11-4-2-3-5-12(11)18/h2-5,10,13-14,16,18H,6-9H2,1H3/t13-,14-,15-/m1/s1. The van der Waals surface area contributed by atoms with E-state index in [1.165, 1.54) is 0 Å². The highest BCUT2D eigenvalue weighted by Gasteiger charge is 2.63. The molecular weight excluding hydrogens is 256 g/mol. The molecule has 20 heavy (non-hydrogen) atoms. The summed E-state index contributed by atoms with van der Waals surface area (Å²) >= 11 is 0. The summed E-state index contributed by atoms with van der Waals surface area (Å²) in [5.74, 6) is 0.151. The summed E-state index contributed by atoms with van der Waals surface area (Å²) in [6, 6.07) is 7.52. The van der Waals surface area contributed by atoms with Gasteiger partial charge in [-0.25, -0.2) is 0 Å². The van der Waals surface area contributed by atoms with Crippen molar-refractivity contribution in [3.8, 4) is 5.75 Å². The van der Waals surface area contributed by atoms with Gasteiger partial charge in [0.05, 0.1) is 12.1 Å². The molecule has 0 radical (unpaired) electrons. The molecule has 4 aliphatic heterocycles. The zero-order valence-corrected chi connectivity index (χ0v) is 11.6. The summed E-state index contributed by atoms with van der Waals surface area (Å²) in [4.78, 5) is 8.36. The Bertz CT molecular complexity index is 516. The highest BCUT2D eigenvalue weighted by atomic mass is 16.8. The number of nitrogens with one attached hydrogen (secondary N) is 1. The van der Waals surface area contributed by atoms with Crippen LogP contribution in [0.2, 0.25) is 0 Å². The lowest BCUT2D eigenvalue weighted by Gasteiger charge is -2.53. The first-order chi connectivity index (χ1) is 9.76. The maximum absolute atomic E-state index is 10.1. The van der Waals surface area contributed by atoms with E-state index in [9.17, 15) is 5.11 Å². The lowest BCUT2D eigenvalue weighted by Crippen LogP contribution is -2.65. The van der Waals surface area contributed by atoms with Crippen molar-refractivity contribution in [3.63, 3.8) is 0 Å². The van der Waals surface area contributed by atoms with Crippen LogP contribution in [0.5, 0.6) is 5.75 Å². The van der Waals surface area contributed by atoms with Crippen molar-refractivity contribution in [2.24, 2.45) is 5.92 Å². The fourth-order valence-electron chi connectivity index (χ4n) is 4.20. The van der Waals surface area contributed by atoms with E-state index in [1.807, 2.05) is 18.2 Å². The molecule has 0 unspecified atom stereocenters. The molecule has 4 aliphatic rings. The normalized spacial score (nSPS) is 42.6. The molecule has 4 saturated heterocycles. The van der Waals surface area contributed by atoms with Crippen LogP contribution in [0.25, 0.3) is 0 Å². The van der Waals surface area contributed by atoms with Crippen molar-refractivity contribution >= 4 is 0 Å². The maximum atomic E-state index is 10.1. The lowest BCUT2D eigenvalue weighted by molar-refractivity contribution is -0.298. The number of aromatic hydroxyl groups is 1. The zero-order chi connectivity index (χ0) is 13.7. The Labute approximate surface area is 118 Å². The van der Waals surface area contributed by atoms with Crippen molar-refractivity contribution in [1.29, 1.82) is 0 Å². The van der Waals surface area contributed by atoms with Gasteiger partial charge in [-0.15, -0.1) is 0 Å². The second kappa shape index (κ2) is 4.43. The van der Waals surface area contributed by atoms with Crippen LogP contribution in [-0.4, -0.2) is 42.0 Å². The third kappa shape index (κ3) is 1.52. The Hall–Kier alpha value is -1.14. The number of rotatable bonds is 2. The molecule has 5 heteroatoms. The second-order valence-corrected chi connectivity index (χ2v) is 5.94. The lowest BCUT2D eigenvalue weighted by atomic mass is 9.74. The van der Waals surface area contributed by atoms with E-state index in [-0.39, 0.29) is 12.1 Å². The number of hydroxylamine groups is 1. The highest BCUT2D eigenvalue weighted by Crippen LogP contribution is 2.51. The van der Waals surface area contributed by atoms with Crippen LogP contribution in [0.3, 0.4) is 0 Å². The number of hydrogen-bond acceptors (Lipinski definition) is 5. The van der Waals surface area contributed by atoms with Crippen LogP contribution < -0.4 is 5.48 Å². The van der Waals surface area contributed by atoms with E-state index >= 15 is 0 Å². The number of piperidine rings is 3. The summed E-state index contributed by atoms with van der Waals surface area (Å²) in [6.45, 7) is 2.16. The van der Waals surface area contributed by atoms with Crippen LogP contribution in [0.4, 0.5) is 0 Å². The number of benzene rings is 1. The second-order valence-electron chi connectivity index (χ2n) is 5.94. The van der Waals surface area contributed by atoms with Gasteiger partial charge >= 0.3 is 0 Å². The number of para-hydroxylation sites is 1. The van der Waals surface area contributed by atoms with Crippen LogP contribution in [0, 0.1) is 5.92 Å². The fourth-order valence-corrected chi connectivity index (χ4v) is 4.20. The molecule has 0 saturated carbocycles. The summed E-state index contributed by atoms with van der Waals surface area (Å²) < 4.78 is 5.82. The predicted octanol–water partition coefficient (Wildman–Crippen LogP) is 1.41. The first kappa shape index (κ1) is 12.6. The summed E-state index contributed by atoms with van der Waals surface area (Å²) in [6.07, 6.45) is 2.22. The third-order valence-electron chi connectivity index (χ3n) is 5.16. The largest absolute Gasteiger partial charge is 0.508 e. The molecule has 0 amide bonds. The topological polar surface area (TPSA) is 54.0 Å². The van der Waals surface area contributed by atoms with Crippen LogP contribution in [-0.2, 0) is 9.57 Å². The fraction of sp³-hybridized carbons (Fsp3) is 0.600. The molecule has 2 N–H and O–H groups in total. The monoisotopic (exact) mass is 276 g/mol. The number of hydrogen-bond donors (Lipinski definition) is 2. The Morgan fingerprint density at radius 2 is 2.10 bits per heavy atom. The van der Waals surface area contributed by atoms with Gasteiger partial charge in [-0.1, -0.05) is 18.2 Å². The van der Waals surface area contributed by atoms with Gasteiger partial charge in [-0.05, 0) is 32.0 Å². The van der Waals surface area contributed by atoms with E-state index in [4.69, 9.17) is 9.57 Å². The molecular formula is C15H20N2O3. The smallest absolute Gasteiger partial charge is 0.207 e. The van der Waals surface area contributed by atoms with E-state index < -0.39 is 5.79 Å². The molecule has 108 valence electrons. The van der Waals surface area contributed by atoms with Crippen LogP contribution >= 0.6 is 0 Å². The van der Waals surface area contributed by atoms with Crippen LogP contribution in [0.15, 0.2) is 24.3 Å². The Morgan fingerprint density at radius 3 is 2.80 bits per heavy atom. The minimum absolute atomic E-state index is 0.0563. The summed E-state index contributed by atoms with van der Waals surface area (Å²) in [7, 11) is 1.73. The van der Waals surface area contributed by atoms with E-state index in [0.717, 1.165) is 31.5 Å². The minimum Gasteiger partial charge on any atom is -0.508 e. The molecule has 4 fully saturated rings. The molecule has 2 bridgehead atoms. The van der Waals surface area contributed by atoms with Crippen molar-refractivity contribution in [1.82, 2.24) is 10.4 Å². The van der Waals surface area contributed by atoms with E-state index in [0.29, 0.717) is 11.7 Å². The Morgan fingerprint density at radius 1 is 1.35 bits per heavy atom. The Kier molecular flexibility index (Phi) is 2.79. The van der Waals surface area contributed by atoms with Crippen molar-refractivity contribution in [2.75, 3.05) is 20.2 Å². The Balaban J connectivity index is 1.76. The first-order valence-corrected chi connectivity index (χ1v) is 7.27. The van der Waals surface area contributed by atoms with Crippen molar-refractivity contribution in [2.45, 2.75) is 30.7 Å². The van der Waals surface area contributed by atoms with E-state index in [2.05, 4.69) is 10.4 Å². The summed E-state index contributed by atoms with van der Waals surface area (Å²) in [5.41, 5.74) is 4.00. The van der Waals surface area contributed by atoms with E-state index in [1.54, 1.807) is 13.2 Å². The average molecular weight is 276 g/mol. The number of phenolic OH excluding ortho intramolecular Hbond substituents is 1. The molecule has 4 heterocycles. The first-order valence-electron chi connectivity index (χ1n) is 7.27. The van der Waals surface area contributed by atoms with Gasteiger partial charge < -0.3 is 9.84 Å². The van der Waals surface area contributed by atoms with Gasteiger partial charge in [0, 0.05) is 18.6 Å². The zero-order valence-electron chi connectivity index (χ0n) is 11.6. The SMILES string of the molecule is CO[C@]12ON[C@H](c3ccccc3O)[C@H]1N1CCC2CC1. The molecule has 1 aromatic carbocycles. The molecule has 0 spiro atoms.